The van der Waals surface area contributed by atoms with Crippen molar-refractivity contribution in [1.82, 2.24) is 10.3 Å². The lowest BCUT2D eigenvalue weighted by molar-refractivity contribution is 0.0697. The summed E-state index contributed by atoms with van der Waals surface area (Å²) in [6.07, 6.45) is 1.38. The van der Waals surface area contributed by atoms with Gasteiger partial charge in [0.15, 0.2) is 0 Å². The van der Waals surface area contributed by atoms with Crippen molar-refractivity contribution in [3.8, 4) is 5.75 Å². The average molecular weight is 370 g/mol. The molecule has 0 aliphatic rings. The van der Waals surface area contributed by atoms with Crippen molar-refractivity contribution in [3.05, 3.63) is 66.4 Å². The van der Waals surface area contributed by atoms with E-state index in [0.29, 0.717) is 24.8 Å². The molecule has 0 bridgehead atoms. The maximum Gasteiger partial charge on any atom is 0.335 e. The first kappa shape index (κ1) is 20.5. The average Bonchev–Trinajstić information content (AvgIpc) is 3.15. The number of benzene rings is 2. The Hall–Kier alpha value is -2.83. The van der Waals surface area contributed by atoms with Crippen molar-refractivity contribution in [1.29, 1.82) is 0 Å². The molecule has 6 heteroatoms. The molecule has 0 unspecified atom stereocenters. The summed E-state index contributed by atoms with van der Waals surface area (Å²) in [5.74, 6) is -0.0760. The predicted octanol–water partition coefficient (Wildman–Crippen LogP) is 3.29. The summed E-state index contributed by atoms with van der Waals surface area (Å²) in [5, 5.41) is 22.4. The van der Waals surface area contributed by atoms with Gasteiger partial charge in [-0.3, -0.25) is 0 Å². The number of carboxylic acid groups (broad SMARTS) is 1. The fourth-order valence-electron chi connectivity index (χ4n) is 2.38. The highest BCUT2D eigenvalue weighted by Gasteiger charge is 2.08. The maximum atomic E-state index is 10.2. The Kier molecular flexibility index (Phi) is 7.85. The Labute approximate surface area is 158 Å². The number of H-pyrrole nitrogens is 1. The first-order valence-corrected chi connectivity index (χ1v) is 8.86. The zero-order valence-corrected chi connectivity index (χ0v) is 15.6. The van der Waals surface area contributed by atoms with E-state index < -0.39 is 12.1 Å². The van der Waals surface area contributed by atoms with E-state index in [4.69, 9.17) is 9.84 Å². The van der Waals surface area contributed by atoms with Gasteiger partial charge in [-0.25, -0.2) is 4.79 Å². The van der Waals surface area contributed by atoms with Crippen molar-refractivity contribution in [2.45, 2.75) is 26.0 Å². The molecule has 0 aliphatic heterocycles. The molecule has 0 fully saturated rings. The lowest BCUT2D eigenvalue weighted by atomic mass is 10.2. The monoisotopic (exact) mass is 370 g/mol. The molecule has 2 aromatic carbocycles. The second kappa shape index (κ2) is 10.4. The minimum absolute atomic E-state index is 0.296. The number of hydrogen-bond acceptors (Lipinski definition) is 4. The molecule has 27 heavy (non-hydrogen) atoms. The molecule has 0 spiro atoms. The Morgan fingerprint density at radius 1 is 1.11 bits per heavy atom. The van der Waals surface area contributed by atoms with Gasteiger partial charge in [-0.2, -0.15) is 0 Å². The van der Waals surface area contributed by atoms with Crippen LogP contribution < -0.4 is 10.1 Å². The molecule has 4 N–H and O–H groups in total. The van der Waals surface area contributed by atoms with Crippen LogP contribution >= 0.6 is 0 Å². The lowest BCUT2D eigenvalue weighted by Gasteiger charge is -2.15. The van der Waals surface area contributed by atoms with Gasteiger partial charge < -0.3 is 25.3 Å². The number of carboxylic acids is 1. The third-order valence-electron chi connectivity index (χ3n) is 3.77. The Bertz CT molecular complexity index is 830. The summed E-state index contributed by atoms with van der Waals surface area (Å²) in [7, 11) is 0. The fraction of sp³-hybridized carbons (Fsp3) is 0.286. The third-order valence-corrected chi connectivity index (χ3v) is 3.77. The van der Waals surface area contributed by atoms with Gasteiger partial charge in [0, 0.05) is 29.7 Å². The van der Waals surface area contributed by atoms with E-state index in [1.54, 1.807) is 30.3 Å². The van der Waals surface area contributed by atoms with Crippen LogP contribution in [-0.2, 0) is 0 Å². The van der Waals surface area contributed by atoms with E-state index in [1.165, 1.54) is 0 Å². The van der Waals surface area contributed by atoms with E-state index in [0.717, 1.165) is 16.7 Å². The molecular weight excluding hydrogens is 344 g/mol. The van der Waals surface area contributed by atoms with Gasteiger partial charge in [-0.05, 0) is 30.3 Å². The number of rotatable bonds is 7. The summed E-state index contributed by atoms with van der Waals surface area (Å²) in [6, 6.07) is 16.5. The Morgan fingerprint density at radius 3 is 2.48 bits per heavy atom. The van der Waals surface area contributed by atoms with Crippen LogP contribution in [0.25, 0.3) is 10.9 Å². The highest BCUT2D eigenvalue weighted by Crippen LogP contribution is 2.24. The van der Waals surface area contributed by atoms with Crippen LogP contribution in [0.5, 0.6) is 5.75 Å². The molecule has 1 atom stereocenters. The largest absolute Gasteiger partial charge is 0.490 e. The van der Waals surface area contributed by atoms with E-state index in [-0.39, 0.29) is 0 Å². The standard InChI is InChI=1S/C14H20N2O2.C7H6O2/c1-10(2)16-8-11(17)9-18-14-5-3-4-13-12(14)6-7-15-13;8-7(9)6-4-2-1-3-5-6/h3-7,10-11,15-17H,8-9H2,1-2H3;1-5H,(H,8,9)/t11-;/m0./s1. The lowest BCUT2D eigenvalue weighted by Crippen LogP contribution is -2.35. The van der Waals surface area contributed by atoms with Crippen molar-refractivity contribution in [3.63, 3.8) is 0 Å². The molecule has 0 radical (unpaired) electrons. The first-order chi connectivity index (χ1) is 13.0. The zero-order valence-electron chi connectivity index (χ0n) is 15.6. The minimum atomic E-state index is -0.879. The fourth-order valence-corrected chi connectivity index (χ4v) is 2.38. The number of aliphatic hydroxyl groups is 1. The summed E-state index contributed by atoms with van der Waals surface area (Å²) < 4.78 is 5.66. The number of aromatic carboxylic acids is 1. The molecule has 0 saturated heterocycles. The number of aliphatic hydroxyl groups excluding tert-OH is 1. The topological polar surface area (TPSA) is 94.6 Å². The summed E-state index contributed by atoms with van der Waals surface area (Å²) in [4.78, 5) is 13.3. The van der Waals surface area contributed by atoms with Crippen molar-refractivity contribution in [2.75, 3.05) is 13.2 Å². The summed E-state index contributed by atoms with van der Waals surface area (Å²) >= 11 is 0. The zero-order chi connectivity index (χ0) is 19.6. The van der Waals surface area contributed by atoms with Crippen LogP contribution in [-0.4, -0.2) is 46.5 Å². The Morgan fingerprint density at radius 2 is 1.85 bits per heavy atom. The predicted molar refractivity (Wildman–Crippen MR) is 106 cm³/mol. The van der Waals surface area contributed by atoms with Crippen molar-refractivity contribution in [2.24, 2.45) is 0 Å². The van der Waals surface area contributed by atoms with Gasteiger partial charge in [0.05, 0.1) is 5.56 Å². The number of aromatic amines is 1. The highest BCUT2D eigenvalue weighted by atomic mass is 16.5. The van der Waals surface area contributed by atoms with Crippen LogP contribution in [0.15, 0.2) is 60.8 Å². The van der Waals surface area contributed by atoms with E-state index in [9.17, 15) is 9.90 Å². The second-order valence-corrected chi connectivity index (χ2v) is 6.39. The van der Waals surface area contributed by atoms with Crippen LogP contribution in [0.1, 0.15) is 24.2 Å². The summed E-state index contributed by atoms with van der Waals surface area (Å²) in [6.45, 7) is 4.94. The molecule has 1 aromatic heterocycles. The molecule has 3 rings (SSSR count). The molecule has 0 amide bonds. The Balaban J connectivity index is 0.000000244. The quantitative estimate of drug-likeness (QED) is 0.512. The number of ether oxygens (including phenoxy) is 1. The van der Waals surface area contributed by atoms with Gasteiger partial charge in [0.1, 0.15) is 18.5 Å². The van der Waals surface area contributed by atoms with Crippen LogP contribution in [0, 0.1) is 0 Å². The van der Waals surface area contributed by atoms with Crippen molar-refractivity contribution >= 4 is 16.9 Å². The first-order valence-electron chi connectivity index (χ1n) is 8.86. The van der Waals surface area contributed by atoms with Gasteiger partial charge >= 0.3 is 5.97 Å². The van der Waals surface area contributed by atoms with Gasteiger partial charge in [-0.15, -0.1) is 0 Å². The van der Waals surface area contributed by atoms with Gasteiger partial charge in [0.25, 0.3) is 0 Å². The highest BCUT2D eigenvalue weighted by molar-refractivity contribution is 5.87. The number of hydrogen-bond donors (Lipinski definition) is 4. The molecule has 144 valence electrons. The van der Waals surface area contributed by atoms with Crippen molar-refractivity contribution < 1.29 is 19.7 Å². The number of nitrogens with one attached hydrogen (secondary N) is 2. The number of fused-ring (bicyclic) bond motifs is 1. The van der Waals surface area contributed by atoms with Crippen LogP contribution in [0.4, 0.5) is 0 Å². The molecular formula is C21H26N2O4. The smallest absolute Gasteiger partial charge is 0.335 e. The third kappa shape index (κ3) is 6.77. The van der Waals surface area contributed by atoms with E-state index >= 15 is 0 Å². The molecule has 3 aromatic rings. The minimum Gasteiger partial charge on any atom is -0.490 e. The number of carbonyl (C=O) groups is 1. The van der Waals surface area contributed by atoms with E-state index in [2.05, 4.69) is 10.3 Å². The number of aromatic nitrogens is 1. The molecule has 0 aliphatic carbocycles. The second-order valence-electron chi connectivity index (χ2n) is 6.39. The van der Waals surface area contributed by atoms with Crippen LogP contribution in [0.3, 0.4) is 0 Å². The molecule has 0 saturated carbocycles. The maximum absolute atomic E-state index is 10.2. The van der Waals surface area contributed by atoms with Gasteiger partial charge in [-0.1, -0.05) is 38.1 Å². The van der Waals surface area contributed by atoms with Crippen LogP contribution in [0.2, 0.25) is 0 Å². The molecule has 6 nitrogen and oxygen atoms in total. The van der Waals surface area contributed by atoms with Gasteiger partial charge in [0.2, 0.25) is 0 Å². The summed E-state index contributed by atoms with van der Waals surface area (Å²) in [5.41, 5.74) is 1.37. The SMILES string of the molecule is CC(C)NC[C@H](O)COc1cccc2[nH]ccc12.O=C(O)c1ccccc1. The molecule has 1 heterocycles. The van der Waals surface area contributed by atoms with E-state index in [1.807, 2.05) is 44.3 Å². The normalized spacial score (nSPS) is 11.7.